The molecule has 0 saturated carbocycles. The number of rotatable bonds is 4. The van der Waals surface area contributed by atoms with Gasteiger partial charge in [-0.1, -0.05) is 0 Å². The van der Waals surface area contributed by atoms with Gasteiger partial charge in [0.2, 0.25) is 0 Å². The van der Waals surface area contributed by atoms with Gasteiger partial charge in [0.05, 0.1) is 17.2 Å². The van der Waals surface area contributed by atoms with Crippen LogP contribution in [0.25, 0.3) is 0 Å². The molecule has 0 fully saturated rings. The van der Waals surface area contributed by atoms with Crippen LogP contribution in [0.3, 0.4) is 0 Å². The van der Waals surface area contributed by atoms with Crippen molar-refractivity contribution in [3.05, 3.63) is 39.0 Å². The zero-order chi connectivity index (χ0) is 14.0. The monoisotopic (exact) mass is 276 g/mol. The van der Waals surface area contributed by atoms with Gasteiger partial charge < -0.3 is 10.6 Å². The summed E-state index contributed by atoms with van der Waals surface area (Å²) in [5.41, 5.74) is 10.3. The molecule has 0 aliphatic carbocycles. The molecule has 0 saturated heterocycles. The van der Waals surface area contributed by atoms with Crippen molar-refractivity contribution in [1.82, 2.24) is 9.97 Å². The predicted molar refractivity (Wildman–Crippen MR) is 80.6 cm³/mol. The molecule has 2 N–H and O–H groups in total. The number of nitrogens with two attached hydrogens (primary N) is 1. The molecule has 2 rings (SSSR count). The molecule has 102 valence electrons. The maximum Gasteiger partial charge on any atom is 0.133 e. The molecule has 2 aromatic rings. The van der Waals surface area contributed by atoms with E-state index in [4.69, 9.17) is 5.73 Å². The third kappa shape index (κ3) is 3.11. The van der Waals surface area contributed by atoms with Gasteiger partial charge in [-0.2, -0.15) is 0 Å². The van der Waals surface area contributed by atoms with E-state index in [-0.39, 0.29) is 0 Å². The average molecular weight is 276 g/mol. The van der Waals surface area contributed by atoms with Crippen LogP contribution in [0, 0.1) is 20.8 Å². The van der Waals surface area contributed by atoms with Gasteiger partial charge in [0, 0.05) is 30.2 Å². The lowest BCUT2D eigenvalue weighted by atomic mass is 10.1. The lowest BCUT2D eigenvalue weighted by molar-refractivity contribution is 0.845. The molecule has 0 amide bonds. The number of hydrogen-bond donors (Lipinski definition) is 1. The Hall–Kier alpha value is -1.46. The molecule has 0 aromatic carbocycles. The lowest BCUT2D eigenvalue weighted by Crippen LogP contribution is -2.21. The highest BCUT2D eigenvalue weighted by atomic mass is 32.1. The summed E-state index contributed by atoms with van der Waals surface area (Å²) in [5, 5.41) is 3.19. The summed E-state index contributed by atoms with van der Waals surface area (Å²) >= 11 is 1.67. The van der Waals surface area contributed by atoms with Crippen LogP contribution in [0.2, 0.25) is 0 Å². The lowest BCUT2D eigenvalue weighted by Gasteiger charge is -2.22. The first kappa shape index (κ1) is 14.0. The van der Waals surface area contributed by atoms with E-state index in [9.17, 15) is 0 Å². The minimum absolute atomic E-state index is 0.509. The topological polar surface area (TPSA) is 55.0 Å². The van der Waals surface area contributed by atoms with E-state index in [0.29, 0.717) is 6.54 Å². The van der Waals surface area contributed by atoms with Crippen LogP contribution in [0.1, 0.15) is 27.5 Å². The third-order valence-corrected chi connectivity index (χ3v) is 3.91. The molecule has 5 heteroatoms. The Balaban J connectivity index is 2.30. The van der Waals surface area contributed by atoms with Crippen LogP contribution in [0.4, 0.5) is 5.82 Å². The van der Waals surface area contributed by atoms with Gasteiger partial charge in [0.15, 0.2) is 0 Å². The Morgan fingerprint density at radius 1 is 1.26 bits per heavy atom. The maximum atomic E-state index is 5.86. The Morgan fingerprint density at radius 2 is 2.00 bits per heavy atom. The zero-order valence-corrected chi connectivity index (χ0v) is 12.7. The van der Waals surface area contributed by atoms with Crippen molar-refractivity contribution in [2.24, 2.45) is 5.73 Å². The van der Waals surface area contributed by atoms with Crippen LogP contribution in [-0.2, 0) is 13.1 Å². The fourth-order valence-corrected chi connectivity index (χ4v) is 2.81. The molecule has 2 heterocycles. The normalized spacial score (nSPS) is 10.8. The highest BCUT2D eigenvalue weighted by Gasteiger charge is 2.13. The van der Waals surface area contributed by atoms with E-state index >= 15 is 0 Å². The quantitative estimate of drug-likeness (QED) is 0.932. The molecular weight excluding hydrogens is 256 g/mol. The minimum Gasteiger partial charge on any atom is -0.353 e. The summed E-state index contributed by atoms with van der Waals surface area (Å²) in [6.45, 7) is 7.38. The molecule has 0 atom stereocenters. The molecule has 0 aliphatic rings. The van der Waals surface area contributed by atoms with E-state index < -0.39 is 0 Å². The van der Waals surface area contributed by atoms with Gasteiger partial charge >= 0.3 is 0 Å². The van der Waals surface area contributed by atoms with E-state index in [0.717, 1.165) is 34.3 Å². The first-order chi connectivity index (χ1) is 9.01. The molecule has 0 radical (unpaired) electrons. The molecule has 0 aliphatic heterocycles. The van der Waals surface area contributed by atoms with E-state index in [1.807, 2.05) is 20.9 Å². The highest BCUT2D eigenvalue weighted by Crippen LogP contribution is 2.23. The summed E-state index contributed by atoms with van der Waals surface area (Å²) in [6.07, 6.45) is 0. The Morgan fingerprint density at radius 3 is 2.58 bits per heavy atom. The predicted octanol–water partition coefficient (Wildman–Crippen LogP) is 2.56. The minimum atomic E-state index is 0.509. The van der Waals surface area contributed by atoms with Gasteiger partial charge in [-0.25, -0.2) is 9.97 Å². The van der Waals surface area contributed by atoms with Gasteiger partial charge in [-0.3, -0.25) is 0 Å². The largest absolute Gasteiger partial charge is 0.353 e. The SMILES string of the molecule is Cc1cc(C)c(CN)c(N(C)Cc2csc(C)n2)n1. The van der Waals surface area contributed by atoms with Crippen molar-refractivity contribution in [3.63, 3.8) is 0 Å². The van der Waals surface area contributed by atoms with Crippen LogP contribution < -0.4 is 10.6 Å². The van der Waals surface area contributed by atoms with Gasteiger partial charge in [0.1, 0.15) is 5.82 Å². The summed E-state index contributed by atoms with van der Waals surface area (Å²) in [5.74, 6) is 0.964. The number of anilines is 1. The first-order valence-electron chi connectivity index (χ1n) is 6.30. The number of thiazole rings is 1. The molecular formula is C14H20N4S. The summed E-state index contributed by atoms with van der Waals surface area (Å²) in [7, 11) is 2.04. The van der Waals surface area contributed by atoms with Gasteiger partial charge in [-0.15, -0.1) is 11.3 Å². The second-order valence-corrected chi connectivity index (χ2v) is 5.86. The number of aryl methyl sites for hydroxylation is 3. The van der Waals surface area contributed by atoms with E-state index in [2.05, 4.69) is 33.2 Å². The summed E-state index contributed by atoms with van der Waals surface area (Å²) in [4.78, 5) is 11.2. The second-order valence-electron chi connectivity index (χ2n) is 4.80. The molecule has 0 spiro atoms. The van der Waals surface area contributed by atoms with Crippen molar-refractivity contribution >= 4 is 17.2 Å². The molecule has 0 unspecified atom stereocenters. The first-order valence-corrected chi connectivity index (χ1v) is 7.18. The maximum absolute atomic E-state index is 5.86. The van der Waals surface area contributed by atoms with Crippen molar-refractivity contribution < 1.29 is 0 Å². The molecule has 4 nitrogen and oxygen atoms in total. The van der Waals surface area contributed by atoms with Crippen molar-refractivity contribution in [1.29, 1.82) is 0 Å². The van der Waals surface area contributed by atoms with Crippen LogP contribution in [0.15, 0.2) is 11.4 Å². The van der Waals surface area contributed by atoms with Gasteiger partial charge in [-0.05, 0) is 32.4 Å². The van der Waals surface area contributed by atoms with Crippen LogP contribution in [-0.4, -0.2) is 17.0 Å². The Kier molecular flexibility index (Phi) is 4.17. The Labute approximate surface area is 118 Å². The number of nitrogens with zero attached hydrogens (tertiary/aromatic N) is 3. The van der Waals surface area contributed by atoms with Gasteiger partial charge in [0.25, 0.3) is 0 Å². The number of pyridine rings is 1. The van der Waals surface area contributed by atoms with Crippen LogP contribution in [0.5, 0.6) is 0 Å². The summed E-state index contributed by atoms with van der Waals surface area (Å²) < 4.78 is 0. The van der Waals surface area contributed by atoms with Crippen LogP contribution >= 0.6 is 11.3 Å². The number of aromatic nitrogens is 2. The van der Waals surface area contributed by atoms with Crippen molar-refractivity contribution in [3.8, 4) is 0 Å². The molecule has 0 bridgehead atoms. The standard InChI is InChI=1S/C14H20N4S/c1-9-5-10(2)16-14(13(9)6-15)18(4)7-12-8-19-11(3)17-12/h5,8H,6-7,15H2,1-4H3. The third-order valence-electron chi connectivity index (χ3n) is 3.09. The smallest absolute Gasteiger partial charge is 0.133 e. The van der Waals surface area contributed by atoms with Crippen molar-refractivity contribution in [2.75, 3.05) is 11.9 Å². The highest BCUT2D eigenvalue weighted by molar-refractivity contribution is 7.09. The average Bonchev–Trinajstić information content (AvgIpc) is 2.73. The van der Waals surface area contributed by atoms with E-state index in [1.54, 1.807) is 11.3 Å². The molecule has 2 aromatic heterocycles. The second kappa shape index (κ2) is 5.67. The Bertz CT molecular complexity index is 577. The summed E-state index contributed by atoms with van der Waals surface area (Å²) in [6, 6.07) is 2.08. The zero-order valence-electron chi connectivity index (χ0n) is 11.9. The van der Waals surface area contributed by atoms with Crippen molar-refractivity contribution in [2.45, 2.75) is 33.9 Å². The fraction of sp³-hybridized carbons (Fsp3) is 0.429. The molecule has 19 heavy (non-hydrogen) atoms. The fourth-order valence-electron chi connectivity index (χ4n) is 2.21. The number of hydrogen-bond acceptors (Lipinski definition) is 5. The van der Waals surface area contributed by atoms with E-state index in [1.165, 1.54) is 5.56 Å².